The smallest absolute Gasteiger partial charge is 0.267 e. The molecular formula is C24H24N4O4S2. The van der Waals surface area contributed by atoms with Gasteiger partial charge in [0.25, 0.3) is 11.5 Å². The van der Waals surface area contributed by atoms with Gasteiger partial charge < -0.3 is 15.2 Å². The lowest BCUT2D eigenvalue weighted by Crippen LogP contribution is -2.30. The largest absolute Gasteiger partial charge is 0.497 e. The number of fused-ring (bicyclic) bond motifs is 1. The number of aliphatic hydroxyl groups excluding tert-OH is 1. The van der Waals surface area contributed by atoms with Gasteiger partial charge in [-0.25, -0.2) is 4.98 Å². The van der Waals surface area contributed by atoms with Gasteiger partial charge in [0.05, 0.1) is 24.2 Å². The van der Waals surface area contributed by atoms with Gasteiger partial charge in [-0.1, -0.05) is 42.2 Å². The minimum atomic E-state index is -0.308. The average Bonchev–Trinajstić information content (AvgIpc) is 3.11. The number of thioether (sulfide) groups is 1. The summed E-state index contributed by atoms with van der Waals surface area (Å²) in [7, 11) is 1.62. The molecule has 8 nitrogen and oxygen atoms in total. The van der Waals surface area contributed by atoms with Gasteiger partial charge >= 0.3 is 0 Å². The SMILES string of the molecule is COc1ccc(CCN2C(=O)/C(=C\c3c(NCCO)nc4c(C)cccn4c3=O)SC2=S)cc1. The number of ether oxygens (including phenoxy) is 1. The number of nitrogens with one attached hydrogen (secondary N) is 1. The van der Waals surface area contributed by atoms with Crippen molar-refractivity contribution in [2.45, 2.75) is 13.3 Å². The van der Waals surface area contributed by atoms with Crippen molar-refractivity contribution in [3.8, 4) is 5.75 Å². The van der Waals surface area contributed by atoms with Crippen LogP contribution in [0.15, 0.2) is 52.3 Å². The maximum Gasteiger partial charge on any atom is 0.267 e. The summed E-state index contributed by atoms with van der Waals surface area (Å²) >= 11 is 6.62. The molecule has 34 heavy (non-hydrogen) atoms. The van der Waals surface area contributed by atoms with Crippen LogP contribution in [0.3, 0.4) is 0 Å². The number of rotatable bonds is 8. The second kappa shape index (κ2) is 10.4. The lowest BCUT2D eigenvalue weighted by atomic mass is 10.1. The van der Waals surface area contributed by atoms with Crippen molar-refractivity contribution in [1.29, 1.82) is 0 Å². The van der Waals surface area contributed by atoms with E-state index in [-0.39, 0.29) is 30.2 Å². The minimum absolute atomic E-state index is 0.123. The van der Waals surface area contributed by atoms with E-state index in [2.05, 4.69) is 10.3 Å². The molecule has 2 N–H and O–H groups in total. The van der Waals surface area contributed by atoms with E-state index in [1.54, 1.807) is 24.3 Å². The molecule has 0 aliphatic carbocycles. The van der Waals surface area contributed by atoms with Crippen LogP contribution in [0.5, 0.6) is 5.75 Å². The van der Waals surface area contributed by atoms with Crippen LogP contribution in [0, 0.1) is 6.92 Å². The van der Waals surface area contributed by atoms with Crippen LogP contribution in [0.2, 0.25) is 0 Å². The first-order valence-electron chi connectivity index (χ1n) is 10.7. The van der Waals surface area contributed by atoms with E-state index in [4.69, 9.17) is 17.0 Å². The summed E-state index contributed by atoms with van der Waals surface area (Å²) in [5.74, 6) is 0.843. The number of pyridine rings is 1. The Morgan fingerprint density at radius 3 is 2.71 bits per heavy atom. The first-order chi connectivity index (χ1) is 16.4. The molecule has 1 amide bonds. The predicted molar refractivity (Wildman–Crippen MR) is 138 cm³/mol. The van der Waals surface area contributed by atoms with E-state index in [1.165, 1.54) is 10.5 Å². The zero-order valence-electron chi connectivity index (χ0n) is 18.8. The molecule has 1 aliphatic heterocycles. The zero-order valence-corrected chi connectivity index (χ0v) is 20.4. The van der Waals surface area contributed by atoms with E-state index in [1.807, 2.05) is 37.3 Å². The molecule has 4 rings (SSSR count). The molecule has 3 aromatic rings. The number of carbonyl (C=O) groups excluding carboxylic acids is 1. The van der Waals surface area contributed by atoms with Crippen molar-refractivity contribution in [3.05, 3.63) is 74.5 Å². The minimum Gasteiger partial charge on any atom is -0.497 e. The van der Waals surface area contributed by atoms with Gasteiger partial charge in [0.2, 0.25) is 0 Å². The summed E-state index contributed by atoms with van der Waals surface area (Å²) in [6.07, 6.45) is 3.81. The molecule has 2 aromatic heterocycles. The van der Waals surface area contributed by atoms with Crippen molar-refractivity contribution >= 4 is 51.7 Å². The van der Waals surface area contributed by atoms with Crippen molar-refractivity contribution < 1.29 is 14.6 Å². The van der Waals surface area contributed by atoms with Crippen LogP contribution in [-0.4, -0.2) is 56.4 Å². The van der Waals surface area contributed by atoms with Gasteiger partial charge in [-0.2, -0.15) is 0 Å². The van der Waals surface area contributed by atoms with Gasteiger partial charge in [0.1, 0.15) is 21.5 Å². The molecule has 1 saturated heterocycles. The van der Waals surface area contributed by atoms with Gasteiger partial charge in [-0.3, -0.25) is 18.9 Å². The van der Waals surface area contributed by atoms with Gasteiger partial charge in [-0.15, -0.1) is 0 Å². The quantitative estimate of drug-likeness (QED) is 0.363. The predicted octanol–water partition coefficient (Wildman–Crippen LogP) is 2.86. The highest BCUT2D eigenvalue weighted by atomic mass is 32.2. The molecule has 0 atom stereocenters. The maximum absolute atomic E-state index is 13.3. The van der Waals surface area contributed by atoms with Crippen LogP contribution in [0.4, 0.5) is 5.82 Å². The number of amides is 1. The highest BCUT2D eigenvalue weighted by molar-refractivity contribution is 8.26. The van der Waals surface area contributed by atoms with Crippen LogP contribution < -0.4 is 15.6 Å². The number of anilines is 1. The highest BCUT2D eigenvalue weighted by Crippen LogP contribution is 2.33. The number of methoxy groups -OCH3 is 1. The third-order valence-corrected chi connectivity index (χ3v) is 6.80. The Bertz CT molecular complexity index is 1340. The average molecular weight is 497 g/mol. The van der Waals surface area contributed by atoms with Crippen molar-refractivity contribution in [2.24, 2.45) is 0 Å². The molecule has 0 radical (unpaired) electrons. The number of aryl methyl sites for hydroxylation is 1. The number of nitrogens with zero attached hydrogens (tertiary/aromatic N) is 3. The van der Waals surface area contributed by atoms with E-state index in [0.29, 0.717) is 33.7 Å². The molecule has 0 unspecified atom stereocenters. The Labute approximate surface area is 206 Å². The van der Waals surface area contributed by atoms with E-state index in [0.717, 1.165) is 28.6 Å². The van der Waals surface area contributed by atoms with Crippen LogP contribution in [-0.2, 0) is 11.2 Å². The second-order valence-electron chi connectivity index (χ2n) is 7.65. The lowest BCUT2D eigenvalue weighted by molar-refractivity contribution is -0.122. The van der Waals surface area contributed by atoms with Crippen LogP contribution in [0.1, 0.15) is 16.7 Å². The van der Waals surface area contributed by atoms with Crippen molar-refractivity contribution in [2.75, 3.05) is 32.1 Å². The Morgan fingerprint density at radius 1 is 1.24 bits per heavy atom. The Morgan fingerprint density at radius 2 is 2.00 bits per heavy atom. The summed E-state index contributed by atoms with van der Waals surface area (Å²) in [6, 6.07) is 11.3. The third-order valence-electron chi connectivity index (χ3n) is 5.42. The second-order valence-corrected chi connectivity index (χ2v) is 9.32. The fourth-order valence-corrected chi connectivity index (χ4v) is 4.90. The van der Waals surface area contributed by atoms with Crippen LogP contribution >= 0.6 is 24.0 Å². The monoisotopic (exact) mass is 496 g/mol. The van der Waals surface area contributed by atoms with Crippen molar-refractivity contribution in [3.63, 3.8) is 0 Å². The third kappa shape index (κ3) is 4.84. The number of hydrogen-bond donors (Lipinski definition) is 2. The molecule has 176 valence electrons. The highest BCUT2D eigenvalue weighted by Gasteiger charge is 2.32. The lowest BCUT2D eigenvalue weighted by Gasteiger charge is -2.14. The first kappa shape index (κ1) is 23.9. The van der Waals surface area contributed by atoms with Gasteiger partial charge in [0, 0.05) is 19.3 Å². The number of hydrogen-bond acceptors (Lipinski definition) is 8. The number of benzene rings is 1. The molecule has 0 bridgehead atoms. The van der Waals surface area contributed by atoms with E-state index < -0.39 is 0 Å². The zero-order chi connectivity index (χ0) is 24.2. The maximum atomic E-state index is 13.3. The Kier molecular flexibility index (Phi) is 7.30. The normalized spacial score (nSPS) is 14.9. The molecule has 0 spiro atoms. The molecule has 0 saturated carbocycles. The Balaban J connectivity index is 1.63. The fourth-order valence-electron chi connectivity index (χ4n) is 3.61. The summed E-state index contributed by atoms with van der Waals surface area (Å²) < 4.78 is 7.08. The van der Waals surface area contributed by atoms with Gasteiger partial charge in [-0.05, 0) is 48.7 Å². The molecule has 1 aliphatic rings. The number of thiocarbonyl (C=S) groups is 1. The van der Waals surface area contributed by atoms with E-state index in [9.17, 15) is 14.7 Å². The molecule has 10 heteroatoms. The standard InChI is InChI=1S/C24H24N4O4S2/c1-15-4-3-11-27-21(15)26-20(25-10-13-29)18(22(27)30)14-19-23(31)28(24(33)34-19)12-9-16-5-7-17(32-2)8-6-16/h3-8,11,14,25,29H,9-10,12-13H2,1-2H3/b19-14+. The summed E-state index contributed by atoms with van der Waals surface area (Å²) in [4.78, 5) is 32.9. The first-order valence-corrected chi connectivity index (χ1v) is 11.9. The Hall–Kier alpha value is -3.21. The van der Waals surface area contributed by atoms with E-state index >= 15 is 0 Å². The van der Waals surface area contributed by atoms with Crippen LogP contribution in [0.25, 0.3) is 11.7 Å². The number of aromatic nitrogens is 2. The van der Waals surface area contributed by atoms with Gasteiger partial charge in [0.15, 0.2) is 0 Å². The number of aliphatic hydroxyl groups is 1. The van der Waals surface area contributed by atoms with Crippen molar-refractivity contribution in [1.82, 2.24) is 14.3 Å². The fraction of sp³-hybridized carbons (Fsp3) is 0.250. The topological polar surface area (TPSA) is 96.2 Å². The molecule has 1 aromatic carbocycles. The summed E-state index contributed by atoms with van der Waals surface area (Å²) in [5.41, 5.74) is 2.34. The molecule has 1 fully saturated rings. The number of carbonyl (C=O) groups is 1. The summed E-state index contributed by atoms with van der Waals surface area (Å²) in [5, 5.41) is 12.2. The molecule has 3 heterocycles. The molecular weight excluding hydrogens is 472 g/mol. The summed E-state index contributed by atoms with van der Waals surface area (Å²) in [6.45, 7) is 2.39.